The molecular weight excluding hydrogens is 510 g/mol. The molecule has 194 valence electrons. The monoisotopic (exact) mass is 549 g/mol. The van der Waals surface area contributed by atoms with Crippen LogP contribution in [0.25, 0.3) is 0 Å². The number of carboxylic acids is 1. The van der Waals surface area contributed by atoms with Crippen LogP contribution < -0.4 is 0 Å². The van der Waals surface area contributed by atoms with E-state index in [0.717, 1.165) is 35.6 Å². The third-order valence-corrected chi connectivity index (χ3v) is 10.8. The molecule has 4 fully saturated rings. The van der Waals surface area contributed by atoms with Gasteiger partial charge in [0.2, 0.25) is 0 Å². The number of hydrogen-bond donors (Lipinski definition) is 1. The van der Waals surface area contributed by atoms with E-state index >= 15 is 0 Å². The summed E-state index contributed by atoms with van der Waals surface area (Å²) < 4.78 is 13.5. The first-order chi connectivity index (χ1) is 16.5. The van der Waals surface area contributed by atoms with Gasteiger partial charge in [-0.3, -0.25) is 9.69 Å². The van der Waals surface area contributed by atoms with Gasteiger partial charge in [0.25, 0.3) is 0 Å². The van der Waals surface area contributed by atoms with Gasteiger partial charge in [-0.05, 0) is 55.8 Å². The highest BCUT2D eigenvalue weighted by Crippen LogP contribution is 2.82. The maximum atomic E-state index is 13.5. The fourth-order valence-corrected chi connectivity index (χ4v) is 9.52. The number of morpholine rings is 1. The van der Waals surface area contributed by atoms with Gasteiger partial charge in [-0.25, -0.2) is 0 Å². The molecule has 0 spiro atoms. The van der Waals surface area contributed by atoms with E-state index in [4.69, 9.17) is 9.47 Å². The third-order valence-electron chi connectivity index (χ3n) is 10.6. The average molecular weight is 551 g/mol. The Hall–Kier alpha value is -1.02. The summed E-state index contributed by atoms with van der Waals surface area (Å²) in [6.45, 7) is 14.7. The predicted molar refractivity (Wildman–Crippen MR) is 137 cm³/mol. The van der Waals surface area contributed by atoms with Crippen LogP contribution in [0.4, 0.5) is 0 Å². The van der Waals surface area contributed by atoms with Crippen LogP contribution in [-0.2, 0) is 19.1 Å². The van der Waals surface area contributed by atoms with Crippen LogP contribution in [0, 0.1) is 45.8 Å². The Morgan fingerprint density at radius 2 is 2.11 bits per heavy atom. The third kappa shape index (κ3) is 3.30. The zero-order chi connectivity index (χ0) is 25.3. The summed E-state index contributed by atoms with van der Waals surface area (Å²) in [5.41, 5.74) is -1.71. The van der Waals surface area contributed by atoms with Gasteiger partial charge in [-0.2, -0.15) is 0 Å². The zero-order valence-electron chi connectivity index (χ0n) is 21.5. The van der Waals surface area contributed by atoms with Crippen LogP contribution in [0.5, 0.6) is 0 Å². The lowest BCUT2D eigenvalue weighted by Crippen LogP contribution is -2.64. The van der Waals surface area contributed by atoms with Gasteiger partial charge in [-0.15, -0.1) is 0 Å². The van der Waals surface area contributed by atoms with Crippen LogP contribution >= 0.6 is 15.9 Å². The Bertz CT molecular complexity index is 950. The van der Waals surface area contributed by atoms with Gasteiger partial charge < -0.3 is 19.4 Å². The summed E-state index contributed by atoms with van der Waals surface area (Å²) in [4.78, 5) is 28.9. The minimum absolute atomic E-state index is 0.0416. The van der Waals surface area contributed by atoms with Crippen LogP contribution in [0.15, 0.2) is 22.7 Å². The largest absolute Gasteiger partial charge is 0.481 e. The molecule has 3 saturated carbocycles. The first-order valence-corrected chi connectivity index (χ1v) is 14.1. The number of rotatable bonds is 8. The fraction of sp³-hybridized carbons (Fsp3) is 0.786. The number of fused-ring (bicyclic) bond motifs is 2. The van der Waals surface area contributed by atoms with Crippen LogP contribution in [0.2, 0.25) is 0 Å². The first-order valence-electron chi connectivity index (χ1n) is 13.3. The van der Waals surface area contributed by atoms with Crippen LogP contribution in [-0.4, -0.2) is 60.9 Å². The van der Waals surface area contributed by atoms with Gasteiger partial charge in [-0.1, -0.05) is 61.4 Å². The molecule has 0 radical (unpaired) electrons. The van der Waals surface area contributed by atoms with E-state index < -0.39 is 28.5 Å². The van der Waals surface area contributed by atoms with Gasteiger partial charge in [0, 0.05) is 22.5 Å². The highest BCUT2D eigenvalue weighted by Gasteiger charge is 2.84. The minimum Gasteiger partial charge on any atom is -0.481 e. The number of carbonyl (C=O) groups is 2. The second-order valence-electron chi connectivity index (χ2n) is 12.4. The van der Waals surface area contributed by atoms with Crippen molar-refractivity contribution in [2.45, 2.75) is 65.7 Å². The maximum Gasteiger partial charge on any atom is 0.315 e. The SMILES string of the molecule is C=C(Br)CN1CC(OC[C@@]23C[C@@H]4[C@H](C)CC[C@H]4[C@@]4(C=O)C[C@@H]2C=C(C(C)C)[C@@]34C(=O)O)OCC1C. The van der Waals surface area contributed by atoms with Crippen molar-refractivity contribution in [2.75, 3.05) is 26.3 Å². The fourth-order valence-electron chi connectivity index (χ4n) is 9.19. The average Bonchev–Trinajstić information content (AvgIpc) is 3.36. The molecule has 9 atom stereocenters. The van der Waals surface area contributed by atoms with Crippen molar-refractivity contribution in [1.29, 1.82) is 0 Å². The van der Waals surface area contributed by atoms with Crippen molar-refractivity contribution in [3.8, 4) is 0 Å². The lowest BCUT2D eigenvalue weighted by molar-refractivity contribution is -0.227. The summed E-state index contributed by atoms with van der Waals surface area (Å²) in [5.74, 6) is 0.275. The molecule has 4 aliphatic carbocycles. The Balaban J connectivity index is 1.52. The summed E-state index contributed by atoms with van der Waals surface area (Å²) in [6.07, 6.45) is 6.33. The van der Waals surface area contributed by atoms with E-state index in [1.165, 1.54) is 0 Å². The van der Waals surface area contributed by atoms with E-state index in [0.29, 0.717) is 44.6 Å². The zero-order valence-corrected chi connectivity index (χ0v) is 23.1. The number of ether oxygens (including phenoxy) is 2. The number of aldehydes is 1. The highest BCUT2D eigenvalue weighted by molar-refractivity contribution is 9.11. The van der Waals surface area contributed by atoms with Crippen LogP contribution in [0.1, 0.15) is 53.4 Å². The van der Waals surface area contributed by atoms with Crippen LogP contribution in [0.3, 0.4) is 0 Å². The van der Waals surface area contributed by atoms with E-state index in [1.807, 2.05) is 0 Å². The number of carbonyl (C=O) groups excluding carboxylic acids is 1. The van der Waals surface area contributed by atoms with Gasteiger partial charge in [0.15, 0.2) is 6.29 Å². The molecule has 1 heterocycles. The summed E-state index contributed by atoms with van der Waals surface area (Å²) in [7, 11) is 0. The van der Waals surface area contributed by atoms with Crippen molar-refractivity contribution in [1.82, 2.24) is 4.90 Å². The topological polar surface area (TPSA) is 76.1 Å². The van der Waals surface area contributed by atoms with E-state index in [1.54, 1.807) is 0 Å². The van der Waals surface area contributed by atoms with E-state index in [2.05, 4.69) is 61.2 Å². The van der Waals surface area contributed by atoms with E-state index in [9.17, 15) is 14.7 Å². The highest BCUT2D eigenvalue weighted by atomic mass is 79.9. The molecular formula is C28H40BrNO5. The molecule has 1 saturated heterocycles. The molecule has 35 heavy (non-hydrogen) atoms. The molecule has 1 N–H and O–H groups in total. The first kappa shape index (κ1) is 25.6. The molecule has 5 rings (SSSR count). The Morgan fingerprint density at radius 3 is 2.74 bits per heavy atom. The number of carboxylic acid groups (broad SMARTS) is 1. The molecule has 0 aromatic rings. The van der Waals surface area contributed by atoms with Gasteiger partial charge in [0.1, 0.15) is 11.7 Å². The smallest absolute Gasteiger partial charge is 0.315 e. The molecule has 2 unspecified atom stereocenters. The summed E-state index contributed by atoms with van der Waals surface area (Å²) in [5, 5.41) is 11.1. The van der Waals surface area contributed by atoms with Crippen molar-refractivity contribution in [3.63, 3.8) is 0 Å². The minimum atomic E-state index is -1.20. The summed E-state index contributed by atoms with van der Waals surface area (Å²) >= 11 is 3.47. The second-order valence-corrected chi connectivity index (χ2v) is 13.5. The molecule has 6 nitrogen and oxygen atoms in total. The Labute approximate surface area is 217 Å². The molecule has 1 aliphatic heterocycles. The second kappa shape index (κ2) is 8.78. The Morgan fingerprint density at radius 1 is 1.37 bits per heavy atom. The molecule has 0 aromatic carbocycles. The van der Waals surface area contributed by atoms with Crippen molar-refractivity contribution < 1.29 is 24.2 Å². The molecule has 4 bridgehead atoms. The molecule has 0 amide bonds. The number of hydrogen-bond acceptors (Lipinski definition) is 5. The maximum absolute atomic E-state index is 13.5. The van der Waals surface area contributed by atoms with Crippen molar-refractivity contribution >= 4 is 28.2 Å². The lowest BCUT2D eigenvalue weighted by atomic mass is 9.43. The molecule has 7 heteroatoms. The lowest BCUT2D eigenvalue weighted by Gasteiger charge is -2.58. The quantitative estimate of drug-likeness (QED) is 0.343. The van der Waals surface area contributed by atoms with Gasteiger partial charge in [0.05, 0.1) is 25.2 Å². The number of aliphatic carboxylic acids is 1. The predicted octanol–water partition coefficient (Wildman–Crippen LogP) is 4.88. The molecule has 0 aromatic heterocycles. The normalized spacial score (nSPS) is 46.5. The number of allylic oxidation sites excluding steroid dienone is 1. The number of nitrogens with zero attached hydrogens (tertiary/aromatic N) is 1. The van der Waals surface area contributed by atoms with Crippen molar-refractivity contribution in [3.05, 3.63) is 22.7 Å². The van der Waals surface area contributed by atoms with E-state index in [-0.39, 0.29) is 23.8 Å². The standard InChI is InChI=1S/C28H40BrNO5/c1-16(2)23-8-20-9-26(14-31)22-7-6-17(3)21(22)10-27(20,28(23,26)25(32)33)15-35-24-12-30(11-18(4)29)19(5)13-34-24/h8,14,16-17,19-22,24H,4,6-7,9-13,15H2,1-3,5H3,(H,32,33)/t17-,19?,20+,21-,22-,24?,26+,27+,28+/m1/s1. The molecule has 5 aliphatic rings. The summed E-state index contributed by atoms with van der Waals surface area (Å²) in [6, 6.07) is 0.252. The Kier molecular flexibility index (Phi) is 6.43. The number of halogens is 1. The van der Waals surface area contributed by atoms with Gasteiger partial charge >= 0.3 is 5.97 Å². The van der Waals surface area contributed by atoms with Crippen molar-refractivity contribution in [2.24, 2.45) is 45.8 Å².